The third kappa shape index (κ3) is 2.98. The van der Waals surface area contributed by atoms with E-state index in [4.69, 9.17) is 23.2 Å². The summed E-state index contributed by atoms with van der Waals surface area (Å²) in [6, 6.07) is 5.18. The molecule has 0 spiro atoms. The van der Waals surface area contributed by atoms with Crippen molar-refractivity contribution in [2.24, 2.45) is 0 Å². The number of carbonyl (C=O) groups excluding carboxylic acids is 1. The fraction of sp³-hybridized carbons (Fsp3) is 0.182. The lowest BCUT2D eigenvalue weighted by atomic mass is 10.2. The molecule has 2 aromatic rings. The van der Waals surface area contributed by atoms with E-state index in [1.165, 1.54) is 6.07 Å². The molecule has 0 radical (unpaired) electrons. The molecule has 1 atom stereocenters. The van der Waals surface area contributed by atoms with Crippen molar-refractivity contribution in [1.82, 2.24) is 15.5 Å². The van der Waals surface area contributed by atoms with Crippen LogP contribution in [0.3, 0.4) is 0 Å². The molecule has 0 aliphatic carbocycles. The van der Waals surface area contributed by atoms with Crippen molar-refractivity contribution in [3.05, 3.63) is 44.3 Å². The number of aromatic nitrogens is 2. The maximum atomic E-state index is 12.0. The third-order valence-corrected chi connectivity index (χ3v) is 3.80. The summed E-state index contributed by atoms with van der Waals surface area (Å²) in [5.41, 5.74) is 0.222. The monoisotopic (exact) mass is 301 g/mol. The van der Waals surface area contributed by atoms with E-state index in [0.717, 1.165) is 4.88 Å². The largest absolute Gasteiger partial charge is 0.345 e. The Labute approximate surface area is 118 Å². The van der Waals surface area contributed by atoms with Gasteiger partial charge >= 0.3 is 0 Å². The van der Waals surface area contributed by atoms with Gasteiger partial charge in [0.05, 0.1) is 11.6 Å². The number of hydrogen-bond donors (Lipinski definition) is 1. The van der Waals surface area contributed by atoms with Crippen molar-refractivity contribution < 1.29 is 4.79 Å². The fourth-order valence-electron chi connectivity index (χ4n) is 1.40. The average molecular weight is 302 g/mol. The highest BCUT2D eigenvalue weighted by Gasteiger charge is 2.16. The third-order valence-electron chi connectivity index (χ3n) is 2.28. The van der Waals surface area contributed by atoms with Gasteiger partial charge in [0, 0.05) is 4.88 Å². The van der Waals surface area contributed by atoms with Crippen LogP contribution < -0.4 is 5.32 Å². The topological polar surface area (TPSA) is 54.9 Å². The summed E-state index contributed by atoms with van der Waals surface area (Å²) in [6.07, 6.45) is 0. The van der Waals surface area contributed by atoms with E-state index >= 15 is 0 Å². The molecule has 0 fully saturated rings. The van der Waals surface area contributed by atoms with Crippen LogP contribution in [0.1, 0.15) is 28.2 Å². The van der Waals surface area contributed by atoms with Crippen molar-refractivity contribution in [1.29, 1.82) is 0 Å². The van der Waals surface area contributed by atoms with Gasteiger partial charge in [-0.2, -0.15) is 0 Å². The number of carbonyl (C=O) groups is 1. The van der Waals surface area contributed by atoms with Gasteiger partial charge in [-0.05, 0) is 24.4 Å². The molecule has 2 aromatic heterocycles. The van der Waals surface area contributed by atoms with Crippen molar-refractivity contribution in [2.75, 3.05) is 0 Å². The first-order valence-electron chi connectivity index (χ1n) is 5.11. The maximum Gasteiger partial charge on any atom is 0.255 e. The Morgan fingerprint density at radius 3 is 2.89 bits per heavy atom. The minimum absolute atomic E-state index is 0.0373. The zero-order chi connectivity index (χ0) is 13.1. The lowest BCUT2D eigenvalue weighted by molar-refractivity contribution is 0.0940. The van der Waals surface area contributed by atoms with Crippen molar-refractivity contribution >= 4 is 40.4 Å². The maximum absolute atomic E-state index is 12.0. The second-order valence-corrected chi connectivity index (χ2v) is 5.31. The first kappa shape index (κ1) is 13.3. The minimum atomic E-state index is -0.322. The van der Waals surface area contributed by atoms with Crippen molar-refractivity contribution in [3.63, 3.8) is 0 Å². The van der Waals surface area contributed by atoms with Crippen LogP contribution in [0.2, 0.25) is 10.3 Å². The van der Waals surface area contributed by atoms with Gasteiger partial charge in [0.2, 0.25) is 0 Å². The van der Waals surface area contributed by atoms with Crippen molar-refractivity contribution in [2.45, 2.75) is 13.0 Å². The van der Waals surface area contributed by atoms with Crippen LogP contribution in [0.25, 0.3) is 0 Å². The highest BCUT2D eigenvalue weighted by molar-refractivity contribution is 7.10. The van der Waals surface area contributed by atoms with E-state index < -0.39 is 0 Å². The van der Waals surface area contributed by atoms with Crippen LogP contribution in [0, 0.1) is 0 Å². The lowest BCUT2D eigenvalue weighted by Crippen LogP contribution is -2.26. The fourth-order valence-corrected chi connectivity index (χ4v) is 2.45. The second-order valence-electron chi connectivity index (χ2n) is 3.58. The molecule has 0 aromatic carbocycles. The summed E-state index contributed by atoms with van der Waals surface area (Å²) in [6.45, 7) is 1.90. The number of hydrogen-bond acceptors (Lipinski definition) is 4. The van der Waals surface area contributed by atoms with Gasteiger partial charge in [-0.1, -0.05) is 29.3 Å². The van der Waals surface area contributed by atoms with E-state index in [1.54, 1.807) is 11.3 Å². The van der Waals surface area contributed by atoms with E-state index in [2.05, 4.69) is 15.5 Å². The highest BCUT2D eigenvalue weighted by Crippen LogP contribution is 2.20. The molecule has 94 valence electrons. The normalized spacial score (nSPS) is 12.2. The molecule has 0 aliphatic rings. The van der Waals surface area contributed by atoms with Crippen molar-refractivity contribution in [3.8, 4) is 0 Å². The molecule has 2 rings (SSSR count). The number of nitrogens with one attached hydrogen (secondary N) is 1. The Bertz CT molecular complexity index is 559. The van der Waals surface area contributed by atoms with E-state index in [9.17, 15) is 4.79 Å². The van der Waals surface area contributed by atoms with Crippen LogP contribution in [-0.2, 0) is 0 Å². The summed E-state index contributed by atoms with van der Waals surface area (Å²) in [4.78, 5) is 13.1. The molecule has 1 N–H and O–H groups in total. The van der Waals surface area contributed by atoms with Gasteiger partial charge in [-0.15, -0.1) is 21.5 Å². The molecule has 0 saturated carbocycles. The van der Waals surface area contributed by atoms with Crippen LogP contribution in [0.4, 0.5) is 0 Å². The lowest BCUT2D eigenvalue weighted by Gasteiger charge is -2.12. The number of halogens is 2. The Morgan fingerprint density at radius 1 is 1.44 bits per heavy atom. The highest BCUT2D eigenvalue weighted by atomic mass is 35.5. The molecule has 0 bridgehead atoms. The predicted molar refractivity (Wildman–Crippen MR) is 72.3 cm³/mol. The molecule has 7 heteroatoms. The first-order chi connectivity index (χ1) is 8.58. The van der Waals surface area contributed by atoms with Gasteiger partial charge < -0.3 is 5.32 Å². The van der Waals surface area contributed by atoms with Crippen LogP contribution >= 0.6 is 34.5 Å². The molecule has 4 nitrogen and oxygen atoms in total. The van der Waals surface area contributed by atoms with Gasteiger partial charge in [0.15, 0.2) is 10.3 Å². The van der Waals surface area contributed by atoms with E-state index in [0.29, 0.717) is 0 Å². The Hall–Kier alpha value is -1.17. The average Bonchev–Trinajstić information content (AvgIpc) is 2.85. The molecule has 2 heterocycles. The molecular formula is C11H9Cl2N3OS. The number of rotatable bonds is 3. The molecular weight excluding hydrogens is 293 g/mol. The number of amides is 1. The molecule has 0 saturated heterocycles. The molecule has 18 heavy (non-hydrogen) atoms. The van der Waals surface area contributed by atoms with Crippen LogP contribution in [0.5, 0.6) is 0 Å². The summed E-state index contributed by atoms with van der Waals surface area (Å²) < 4.78 is 0. The van der Waals surface area contributed by atoms with E-state index in [1.807, 2.05) is 24.4 Å². The summed E-state index contributed by atoms with van der Waals surface area (Å²) >= 11 is 13.1. The number of nitrogens with zero attached hydrogens (tertiary/aromatic N) is 2. The summed E-state index contributed by atoms with van der Waals surface area (Å²) in [5.74, 6) is -0.322. The standard InChI is InChI=1S/C11H9Cl2N3OS/c1-6(8-3-2-4-18-8)14-11(17)7-5-9(12)15-16-10(7)13/h2-6H,1H3,(H,14,17). The first-order valence-corrected chi connectivity index (χ1v) is 6.74. The Morgan fingerprint density at radius 2 is 2.22 bits per heavy atom. The zero-order valence-electron chi connectivity index (χ0n) is 9.35. The van der Waals surface area contributed by atoms with Gasteiger partial charge in [0.25, 0.3) is 5.91 Å². The molecule has 1 unspecified atom stereocenters. The van der Waals surface area contributed by atoms with E-state index in [-0.39, 0.29) is 27.8 Å². The molecule has 0 aliphatic heterocycles. The second kappa shape index (κ2) is 5.65. The zero-order valence-corrected chi connectivity index (χ0v) is 11.7. The van der Waals surface area contributed by atoms with Gasteiger partial charge in [-0.25, -0.2) is 0 Å². The van der Waals surface area contributed by atoms with Crippen LogP contribution in [-0.4, -0.2) is 16.1 Å². The SMILES string of the molecule is CC(NC(=O)c1cc(Cl)nnc1Cl)c1cccs1. The predicted octanol–water partition coefficient (Wildman–Crippen LogP) is 3.34. The van der Waals surface area contributed by atoms with Crippen LogP contribution in [0.15, 0.2) is 23.6 Å². The van der Waals surface area contributed by atoms with Gasteiger partial charge in [-0.3, -0.25) is 4.79 Å². The van der Waals surface area contributed by atoms with Gasteiger partial charge in [0.1, 0.15) is 0 Å². The quantitative estimate of drug-likeness (QED) is 0.946. The Balaban J connectivity index is 2.15. The summed E-state index contributed by atoms with van der Waals surface area (Å²) in [7, 11) is 0. The minimum Gasteiger partial charge on any atom is -0.345 e. The smallest absolute Gasteiger partial charge is 0.255 e. The number of thiophene rings is 1. The Kier molecular flexibility index (Phi) is 4.16. The molecule has 1 amide bonds. The summed E-state index contributed by atoms with van der Waals surface area (Å²) in [5, 5.41) is 12.1.